The minimum atomic E-state index is -1.04. The third-order valence-electron chi connectivity index (χ3n) is 2.67. The van der Waals surface area contributed by atoms with Gasteiger partial charge in [0.2, 0.25) is 0 Å². The summed E-state index contributed by atoms with van der Waals surface area (Å²) in [5.74, 6) is 0. The van der Waals surface area contributed by atoms with Gasteiger partial charge in [-0.1, -0.05) is 44.6 Å². The molecule has 0 aromatic heterocycles. The third kappa shape index (κ3) is 3.10. The maximum absolute atomic E-state index is 4.96. The van der Waals surface area contributed by atoms with Crippen molar-refractivity contribution in [1.82, 2.24) is 0 Å². The van der Waals surface area contributed by atoms with Crippen LogP contribution < -0.4 is 0 Å². The SMILES string of the molecule is CC[Si](C=COC)(CC)CC. The molecule has 0 heterocycles. The minimum absolute atomic E-state index is 1.04. The highest BCUT2D eigenvalue weighted by Crippen LogP contribution is 2.21. The molecule has 0 atom stereocenters. The molecule has 0 unspecified atom stereocenters. The van der Waals surface area contributed by atoms with E-state index in [0.29, 0.717) is 0 Å². The van der Waals surface area contributed by atoms with Crippen LogP contribution >= 0.6 is 0 Å². The molecule has 0 saturated carbocycles. The van der Waals surface area contributed by atoms with Crippen molar-refractivity contribution in [3.63, 3.8) is 0 Å². The molecule has 11 heavy (non-hydrogen) atoms. The number of ether oxygens (including phenoxy) is 1. The lowest BCUT2D eigenvalue weighted by molar-refractivity contribution is 0.338. The lowest BCUT2D eigenvalue weighted by atomic mass is 10.9. The molecule has 0 spiro atoms. The molecule has 0 amide bonds. The maximum atomic E-state index is 4.96. The molecule has 2 heteroatoms. The highest BCUT2D eigenvalue weighted by atomic mass is 28.3. The van der Waals surface area contributed by atoms with Gasteiger partial charge in [-0.15, -0.1) is 0 Å². The summed E-state index contributed by atoms with van der Waals surface area (Å²) in [5.41, 5.74) is 2.33. The van der Waals surface area contributed by atoms with Crippen molar-refractivity contribution < 1.29 is 4.74 Å². The molecule has 0 aliphatic rings. The van der Waals surface area contributed by atoms with E-state index in [0.717, 1.165) is 0 Å². The first-order valence-electron chi connectivity index (χ1n) is 4.45. The molecule has 0 bridgehead atoms. The van der Waals surface area contributed by atoms with E-state index >= 15 is 0 Å². The summed E-state index contributed by atoms with van der Waals surface area (Å²) >= 11 is 0. The summed E-state index contributed by atoms with van der Waals surface area (Å²) in [7, 11) is 0.675. The van der Waals surface area contributed by atoms with E-state index in [4.69, 9.17) is 4.74 Å². The Labute approximate surface area is 71.5 Å². The highest BCUT2D eigenvalue weighted by Gasteiger charge is 2.22. The zero-order chi connectivity index (χ0) is 8.74. The van der Waals surface area contributed by atoms with Crippen LogP contribution in [0.5, 0.6) is 0 Å². The van der Waals surface area contributed by atoms with Crippen LogP contribution in [0.3, 0.4) is 0 Å². The van der Waals surface area contributed by atoms with Crippen LogP contribution in [0.15, 0.2) is 12.0 Å². The van der Waals surface area contributed by atoms with Crippen molar-refractivity contribution in [1.29, 1.82) is 0 Å². The molecule has 0 aliphatic heterocycles. The van der Waals surface area contributed by atoms with E-state index < -0.39 is 8.07 Å². The van der Waals surface area contributed by atoms with Gasteiger partial charge in [-0.3, -0.25) is 0 Å². The second-order valence-corrected chi connectivity index (χ2v) is 8.14. The molecule has 0 N–H and O–H groups in total. The second kappa shape index (κ2) is 5.41. The molecule has 66 valence electrons. The van der Waals surface area contributed by atoms with Crippen molar-refractivity contribution in [2.75, 3.05) is 7.11 Å². The average Bonchev–Trinajstić information content (AvgIpc) is 2.08. The molecule has 0 aromatic rings. The largest absolute Gasteiger partial charge is 0.505 e. The van der Waals surface area contributed by atoms with Gasteiger partial charge >= 0.3 is 0 Å². The lowest BCUT2D eigenvalue weighted by Crippen LogP contribution is -2.28. The van der Waals surface area contributed by atoms with E-state index in [2.05, 4.69) is 26.5 Å². The molecular weight excluding hydrogens is 152 g/mol. The van der Waals surface area contributed by atoms with Crippen molar-refractivity contribution in [3.8, 4) is 0 Å². The molecule has 0 saturated heterocycles. The van der Waals surface area contributed by atoms with Crippen LogP contribution in [0.4, 0.5) is 0 Å². The molecule has 0 aliphatic carbocycles. The second-order valence-electron chi connectivity index (χ2n) is 2.96. The number of methoxy groups -OCH3 is 1. The first-order valence-corrected chi connectivity index (χ1v) is 7.15. The predicted octanol–water partition coefficient (Wildman–Crippen LogP) is 3.19. The standard InChI is InChI=1S/C9H20OSi/c1-5-11(6-2,7-3)9-8-10-4/h8-9H,5-7H2,1-4H3. The summed E-state index contributed by atoms with van der Waals surface area (Å²) in [6.45, 7) is 6.87. The van der Waals surface area contributed by atoms with Crippen molar-refractivity contribution in [3.05, 3.63) is 12.0 Å². The highest BCUT2D eigenvalue weighted by molar-refractivity contribution is 6.84. The number of hydrogen-bond donors (Lipinski definition) is 0. The predicted molar refractivity (Wildman–Crippen MR) is 53.3 cm³/mol. The van der Waals surface area contributed by atoms with Gasteiger partial charge in [-0.25, -0.2) is 0 Å². The first-order chi connectivity index (χ1) is 5.24. The fourth-order valence-corrected chi connectivity index (χ4v) is 3.95. The Morgan fingerprint density at radius 3 is 1.82 bits per heavy atom. The summed E-state index contributed by atoms with van der Waals surface area (Å²) in [4.78, 5) is 0. The maximum Gasteiger partial charge on any atom is 0.0810 e. The first kappa shape index (κ1) is 10.8. The van der Waals surface area contributed by atoms with Crippen LogP contribution in [0.1, 0.15) is 20.8 Å². The Morgan fingerprint density at radius 2 is 1.55 bits per heavy atom. The van der Waals surface area contributed by atoms with Crippen molar-refractivity contribution in [2.24, 2.45) is 0 Å². The van der Waals surface area contributed by atoms with E-state index in [1.807, 2.05) is 6.26 Å². The van der Waals surface area contributed by atoms with Crippen molar-refractivity contribution in [2.45, 2.75) is 38.9 Å². The van der Waals surface area contributed by atoms with Gasteiger partial charge in [-0.2, -0.15) is 0 Å². The van der Waals surface area contributed by atoms with Gasteiger partial charge < -0.3 is 4.74 Å². The van der Waals surface area contributed by atoms with Crippen LogP contribution in [-0.4, -0.2) is 15.2 Å². The molecule has 0 radical (unpaired) electrons. The van der Waals surface area contributed by atoms with E-state index in [9.17, 15) is 0 Å². The van der Waals surface area contributed by atoms with Gasteiger partial charge in [0.1, 0.15) is 0 Å². The van der Waals surface area contributed by atoms with E-state index in [1.165, 1.54) is 18.1 Å². The van der Waals surface area contributed by atoms with Crippen LogP contribution in [0.2, 0.25) is 18.1 Å². The van der Waals surface area contributed by atoms with Crippen LogP contribution in [0, 0.1) is 0 Å². The Balaban J connectivity index is 4.16. The Bertz CT molecular complexity index is 108. The quantitative estimate of drug-likeness (QED) is 0.457. The van der Waals surface area contributed by atoms with Crippen molar-refractivity contribution >= 4 is 8.07 Å². The molecule has 0 fully saturated rings. The monoisotopic (exact) mass is 172 g/mol. The Hall–Kier alpha value is -0.243. The summed E-state index contributed by atoms with van der Waals surface area (Å²) in [6.07, 6.45) is 1.86. The van der Waals surface area contributed by atoms with Gasteiger partial charge in [0.15, 0.2) is 0 Å². The fourth-order valence-electron chi connectivity index (χ4n) is 1.32. The van der Waals surface area contributed by atoms with Gasteiger partial charge in [0.05, 0.1) is 21.4 Å². The van der Waals surface area contributed by atoms with Crippen LogP contribution in [-0.2, 0) is 4.74 Å². The average molecular weight is 172 g/mol. The topological polar surface area (TPSA) is 9.23 Å². The van der Waals surface area contributed by atoms with E-state index in [-0.39, 0.29) is 0 Å². The van der Waals surface area contributed by atoms with Gasteiger partial charge in [0, 0.05) is 0 Å². The van der Waals surface area contributed by atoms with Crippen LogP contribution in [0.25, 0.3) is 0 Å². The van der Waals surface area contributed by atoms with Gasteiger partial charge in [0.25, 0.3) is 0 Å². The minimum Gasteiger partial charge on any atom is -0.505 e. The number of rotatable bonds is 5. The van der Waals surface area contributed by atoms with E-state index in [1.54, 1.807) is 7.11 Å². The Kier molecular flexibility index (Phi) is 5.29. The number of hydrogen-bond acceptors (Lipinski definition) is 1. The molecular formula is C9H20OSi. The zero-order valence-corrected chi connectivity index (χ0v) is 9.18. The summed E-state index contributed by atoms with van der Waals surface area (Å²) in [5, 5.41) is 0. The van der Waals surface area contributed by atoms with Gasteiger partial charge in [-0.05, 0) is 0 Å². The smallest absolute Gasteiger partial charge is 0.0810 e. The lowest BCUT2D eigenvalue weighted by Gasteiger charge is -2.22. The fraction of sp³-hybridized carbons (Fsp3) is 0.778. The zero-order valence-electron chi connectivity index (χ0n) is 8.18. The molecule has 1 nitrogen and oxygen atoms in total. The summed E-state index contributed by atoms with van der Waals surface area (Å²) < 4.78 is 4.96. The summed E-state index contributed by atoms with van der Waals surface area (Å²) in [6, 6.07) is 4.00. The Morgan fingerprint density at radius 1 is 1.09 bits per heavy atom. The molecule has 0 aromatic carbocycles. The third-order valence-corrected chi connectivity index (χ3v) is 7.74. The molecule has 0 rings (SSSR count). The normalized spacial score (nSPS) is 12.4.